The van der Waals surface area contributed by atoms with Gasteiger partial charge in [-0.2, -0.15) is 0 Å². The van der Waals surface area contributed by atoms with Crippen LogP contribution < -0.4 is 4.74 Å². The third kappa shape index (κ3) is 4.30. The van der Waals surface area contributed by atoms with Gasteiger partial charge in [-0.05, 0) is 36.6 Å². The largest absolute Gasteiger partial charge is 0.481 e. The molecule has 1 amide bonds. The van der Waals surface area contributed by atoms with Gasteiger partial charge in [-0.3, -0.25) is 4.79 Å². The number of nitrogens with zero attached hydrogens (tertiary/aromatic N) is 1. The van der Waals surface area contributed by atoms with Crippen molar-refractivity contribution in [3.05, 3.63) is 35.7 Å². The zero-order chi connectivity index (χ0) is 15.2. The lowest BCUT2D eigenvalue weighted by atomic mass is 10.2. The van der Waals surface area contributed by atoms with Crippen LogP contribution in [0.3, 0.4) is 0 Å². The van der Waals surface area contributed by atoms with E-state index in [1.807, 2.05) is 0 Å². The Labute approximate surface area is 121 Å². The van der Waals surface area contributed by atoms with Gasteiger partial charge in [0, 0.05) is 19.2 Å². The van der Waals surface area contributed by atoms with Crippen molar-refractivity contribution in [2.24, 2.45) is 0 Å². The van der Waals surface area contributed by atoms with E-state index in [1.54, 1.807) is 4.90 Å². The maximum absolute atomic E-state index is 13.8. The van der Waals surface area contributed by atoms with Gasteiger partial charge in [0.1, 0.15) is 0 Å². The SMILES string of the molecule is O=C(O)/C=C/c1ccc(OCC(=O)N2CCCC2)c(F)c1. The lowest BCUT2D eigenvalue weighted by Crippen LogP contribution is -2.32. The molecule has 1 aliphatic heterocycles. The molecule has 112 valence electrons. The second-order valence-electron chi connectivity index (χ2n) is 4.74. The van der Waals surface area contributed by atoms with Crippen LogP contribution in [-0.4, -0.2) is 41.6 Å². The topological polar surface area (TPSA) is 66.8 Å². The lowest BCUT2D eigenvalue weighted by molar-refractivity contribution is -0.132. The maximum Gasteiger partial charge on any atom is 0.328 e. The van der Waals surface area contributed by atoms with Crippen LogP contribution in [0.5, 0.6) is 5.75 Å². The summed E-state index contributed by atoms with van der Waals surface area (Å²) in [6.07, 6.45) is 4.19. The zero-order valence-corrected chi connectivity index (χ0v) is 11.4. The van der Waals surface area contributed by atoms with Crippen LogP contribution in [0.4, 0.5) is 4.39 Å². The van der Waals surface area contributed by atoms with E-state index >= 15 is 0 Å². The standard InChI is InChI=1S/C15H16FNO4/c16-12-9-11(4-6-15(19)20)3-5-13(12)21-10-14(18)17-7-1-2-8-17/h3-6,9H,1-2,7-8,10H2,(H,19,20)/b6-4+. The molecule has 0 bridgehead atoms. The van der Waals surface area contributed by atoms with Gasteiger partial charge in [0.15, 0.2) is 18.2 Å². The van der Waals surface area contributed by atoms with Gasteiger partial charge in [-0.25, -0.2) is 9.18 Å². The third-order valence-electron chi connectivity index (χ3n) is 3.18. The Morgan fingerprint density at radius 3 is 2.67 bits per heavy atom. The molecule has 0 radical (unpaired) electrons. The second kappa shape index (κ2) is 6.88. The average Bonchev–Trinajstić information content (AvgIpc) is 2.98. The summed E-state index contributed by atoms with van der Waals surface area (Å²) in [4.78, 5) is 23.9. The molecule has 0 atom stereocenters. The Hall–Kier alpha value is -2.37. The molecule has 0 aliphatic carbocycles. The van der Waals surface area contributed by atoms with Gasteiger partial charge in [0.05, 0.1) is 0 Å². The number of likely N-dealkylation sites (tertiary alicyclic amines) is 1. The molecule has 0 saturated carbocycles. The monoisotopic (exact) mass is 293 g/mol. The highest BCUT2D eigenvalue weighted by molar-refractivity contribution is 5.85. The highest BCUT2D eigenvalue weighted by Gasteiger charge is 2.18. The number of carbonyl (C=O) groups excluding carboxylic acids is 1. The molecular weight excluding hydrogens is 277 g/mol. The fourth-order valence-electron chi connectivity index (χ4n) is 2.10. The van der Waals surface area contributed by atoms with E-state index in [0.717, 1.165) is 38.1 Å². The highest BCUT2D eigenvalue weighted by Crippen LogP contribution is 2.19. The average molecular weight is 293 g/mol. The van der Waals surface area contributed by atoms with E-state index in [-0.39, 0.29) is 18.3 Å². The van der Waals surface area contributed by atoms with Crippen molar-refractivity contribution >= 4 is 18.0 Å². The van der Waals surface area contributed by atoms with Crippen molar-refractivity contribution in [3.8, 4) is 5.75 Å². The first-order valence-corrected chi connectivity index (χ1v) is 6.67. The van der Waals surface area contributed by atoms with E-state index in [2.05, 4.69) is 0 Å². The number of benzene rings is 1. The molecule has 1 saturated heterocycles. The van der Waals surface area contributed by atoms with Crippen LogP contribution in [0.25, 0.3) is 6.08 Å². The van der Waals surface area contributed by atoms with Gasteiger partial charge in [-0.15, -0.1) is 0 Å². The Bertz CT molecular complexity index is 565. The van der Waals surface area contributed by atoms with Crippen molar-refractivity contribution in [1.29, 1.82) is 0 Å². The Balaban J connectivity index is 1.94. The van der Waals surface area contributed by atoms with E-state index in [0.29, 0.717) is 5.56 Å². The van der Waals surface area contributed by atoms with Crippen molar-refractivity contribution in [2.75, 3.05) is 19.7 Å². The first-order valence-electron chi connectivity index (χ1n) is 6.67. The lowest BCUT2D eigenvalue weighted by Gasteiger charge is -2.15. The Morgan fingerprint density at radius 2 is 2.05 bits per heavy atom. The minimum absolute atomic E-state index is 0.0185. The van der Waals surface area contributed by atoms with Crippen molar-refractivity contribution in [3.63, 3.8) is 0 Å². The molecule has 1 aliphatic rings. The van der Waals surface area contributed by atoms with Crippen LogP contribution in [0.2, 0.25) is 0 Å². The third-order valence-corrected chi connectivity index (χ3v) is 3.18. The molecule has 0 spiro atoms. The van der Waals surface area contributed by atoms with Crippen molar-refractivity contribution in [2.45, 2.75) is 12.8 Å². The number of aliphatic carboxylic acids is 1. The minimum Gasteiger partial charge on any atom is -0.481 e. The zero-order valence-electron chi connectivity index (χ0n) is 11.4. The summed E-state index contributed by atoms with van der Waals surface area (Å²) in [5, 5.41) is 8.50. The molecule has 1 fully saturated rings. The highest BCUT2D eigenvalue weighted by atomic mass is 19.1. The molecule has 6 heteroatoms. The molecule has 21 heavy (non-hydrogen) atoms. The molecule has 1 N–H and O–H groups in total. The number of carbonyl (C=O) groups is 2. The summed E-state index contributed by atoms with van der Waals surface area (Å²) in [5.74, 6) is -1.90. The van der Waals surface area contributed by atoms with Gasteiger partial charge >= 0.3 is 5.97 Å². The fourth-order valence-corrected chi connectivity index (χ4v) is 2.10. The molecule has 0 unspecified atom stereocenters. The van der Waals surface area contributed by atoms with Crippen LogP contribution in [0, 0.1) is 5.82 Å². The van der Waals surface area contributed by atoms with Gasteiger partial charge < -0.3 is 14.7 Å². The number of halogens is 1. The molecule has 1 heterocycles. The van der Waals surface area contributed by atoms with E-state index in [1.165, 1.54) is 18.2 Å². The summed E-state index contributed by atoms with van der Waals surface area (Å²) in [5.41, 5.74) is 0.410. The van der Waals surface area contributed by atoms with Crippen LogP contribution in [0.15, 0.2) is 24.3 Å². The number of hydrogen-bond donors (Lipinski definition) is 1. The van der Waals surface area contributed by atoms with E-state index < -0.39 is 11.8 Å². The van der Waals surface area contributed by atoms with Gasteiger partial charge in [0.2, 0.25) is 0 Å². The summed E-state index contributed by atoms with van der Waals surface area (Å²) in [6, 6.07) is 4.07. The first-order chi connectivity index (χ1) is 10.1. The second-order valence-corrected chi connectivity index (χ2v) is 4.74. The van der Waals surface area contributed by atoms with E-state index in [4.69, 9.17) is 9.84 Å². The maximum atomic E-state index is 13.8. The minimum atomic E-state index is -1.10. The first kappa shape index (κ1) is 15.0. The predicted octanol–water partition coefficient (Wildman–Crippen LogP) is 1.92. The molecule has 2 rings (SSSR count). The number of ether oxygens (including phenoxy) is 1. The van der Waals surface area contributed by atoms with Crippen LogP contribution in [-0.2, 0) is 9.59 Å². The summed E-state index contributed by atoms with van der Waals surface area (Å²) in [7, 11) is 0. The van der Waals surface area contributed by atoms with Gasteiger partial charge in [0.25, 0.3) is 5.91 Å². The summed E-state index contributed by atoms with van der Waals surface area (Å²) >= 11 is 0. The molecular formula is C15H16FNO4. The van der Waals surface area contributed by atoms with Crippen molar-refractivity contribution < 1.29 is 23.8 Å². The number of hydrogen-bond acceptors (Lipinski definition) is 3. The predicted molar refractivity (Wildman–Crippen MR) is 74.4 cm³/mol. The Morgan fingerprint density at radius 1 is 1.33 bits per heavy atom. The molecule has 1 aromatic rings. The quantitative estimate of drug-likeness (QED) is 0.842. The Kier molecular flexibility index (Phi) is 4.92. The number of carboxylic acids is 1. The summed E-state index contributed by atoms with van der Waals surface area (Å²) in [6.45, 7) is 1.26. The fraction of sp³-hybridized carbons (Fsp3) is 0.333. The number of amides is 1. The molecule has 5 nitrogen and oxygen atoms in total. The molecule has 0 aromatic heterocycles. The van der Waals surface area contributed by atoms with Crippen molar-refractivity contribution in [1.82, 2.24) is 4.90 Å². The number of carboxylic acid groups (broad SMARTS) is 1. The van der Waals surface area contributed by atoms with Gasteiger partial charge in [-0.1, -0.05) is 6.07 Å². The number of rotatable bonds is 5. The van der Waals surface area contributed by atoms with Crippen LogP contribution in [0.1, 0.15) is 18.4 Å². The summed E-state index contributed by atoms with van der Waals surface area (Å²) < 4.78 is 19.0. The molecule has 1 aromatic carbocycles. The smallest absolute Gasteiger partial charge is 0.328 e. The van der Waals surface area contributed by atoms with E-state index in [9.17, 15) is 14.0 Å². The normalized spacial score (nSPS) is 14.6. The van der Waals surface area contributed by atoms with Crippen LogP contribution >= 0.6 is 0 Å².